The third kappa shape index (κ3) is 8.44. The van der Waals surface area contributed by atoms with Gasteiger partial charge >= 0.3 is 0 Å². The summed E-state index contributed by atoms with van der Waals surface area (Å²) in [4.78, 5) is 18.3. The molecule has 9 heteroatoms. The van der Waals surface area contributed by atoms with Gasteiger partial charge in [-0.25, -0.2) is 19.9 Å². The second-order valence-corrected chi connectivity index (χ2v) is 10.5. The van der Waals surface area contributed by atoms with Gasteiger partial charge in [0, 0.05) is 42.4 Å². The maximum absolute atomic E-state index is 5.37. The molecule has 0 atom stereocenters. The lowest BCUT2D eigenvalue weighted by molar-refractivity contribution is 0.460. The number of rotatable bonds is 1. The largest absolute Gasteiger partial charge is 0.336 e. The van der Waals surface area contributed by atoms with E-state index >= 15 is 0 Å². The van der Waals surface area contributed by atoms with E-state index in [2.05, 4.69) is 89.7 Å². The molecule has 0 bridgehead atoms. The third-order valence-corrected chi connectivity index (χ3v) is 5.93. The summed E-state index contributed by atoms with van der Waals surface area (Å²) >= 11 is 11.9. The quantitative estimate of drug-likeness (QED) is 0.464. The molecule has 6 nitrogen and oxygen atoms in total. The predicted molar refractivity (Wildman–Crippen MR) is 126 cm³/mol. The molecule has 0 spiro atoms. The number of nitrogens with zero attached hydrogens (tertiary/aromatic N) is 5. The molecule has 2 aliphatic heterocycles. The summed E-state index contributed by atoms with van der Waals surface area (Å²) in [6.07, 6.45) is 11.9. The van der Waals surface area contributed by atoms with Crippen LogP contribution in [0.3, 0.4) is 0 Å². The van der Waals surface area contributed by atoms with E-state index in [9.17, 15) is 0 Å². The van der Waals surface area contributed by atoms with Crippen LogP contribution >= 0.6 is 43.5 Å². The fraction of sp³-hybridized carbons (Fsp3) is 0.600. The molecule has 2 saturated heterocycles. The topological polar surface area (TPSA) is 66.8 Å². The van der Waals surface area contributed by atoms with Crippen LogP contribution in [0.4, 0.5) is 5.95 Å². The molecule has 160 valence electrons. The lowest BCUT2D eigenvalue weighted by Gasteiger charge is -2.31. The number of aromatic nitrogens is 4. The first-order chi connectivity index (χ1) is 13.6. The molecule has 29 heavy (non-hydrogen) atoms. The first kappa shape index (κ1) is 24.4. The first-order valence-corrected chi connectivity index (χ1v) is 11.7. The van der Waals surface area contributed by atoms with Crippen LogP contribution in [0.5, 0.6) is 0 Å². The molecule has 4 rings (SSSR count). The van der Waals surface area contributed by atoms with Gasteiger partial charge in [-0.05, 0) is 103 Å². The van der Waals surface area contributed by atoms with Crippen molar-refractivity contribution in [2.24, 2.45) is 0 Å². The Morgan fingerprint density at radius 3 is 1.79 bits per heavy atom. The number of anilines is 1. The number of halogens is 3. The molecule has 0 unspecified atom stereocenters. The second-order valence-electron chi connectivity index (χ2n) is 8.35. The van der Waals surface area contributed by atoms with Crippen molar-refractivity contribution in [3.63, 3.8) is 0 Å². The van der Waals surface area contributed by atoms with Crippen LogP contribution in [0.15, 0.2) is 33.7 Å². The highest BCUT2D eigenvalue weighted by Crippen LogP contribution is 2.31. The zero-order chi connectivity index (χ0) is 21.5. The number of hydrogen-bond donors (Lipinski definition) is 1. The molecule has 2 aliphatic rings. The van der Waals surface area contributed by atoms with Crippen molar-refractivity contribution < 1.29 is 0 Å². The van der Waals surface area contributed by atoms with Crippen LogP contribution in [0.2, 0.25) is 5.28 Å². The highest BCUT2D eigenvalue weighted by Gasteiger charge is 2.33. The molecular weight excluding hydrogens is 520 g/mol. The minimum absolute atomic E-state index is 0.202. The van der Waals surface area contributed by atoms with Gasteiger partial charge in [0.25, 0.3) is 0 Å². The van der Waals surface area contributed by atoms with Crippen molar-refractivity contribution in [3.8, 4) is 0 Å². The van der Waals surface area contributed by atoms with E-state index in [1.165, 1.54) is 32.2 Å². The normalized spacial score (nSPS) is 19.1. The lowest BCUT2D eigenvalue weighted by atomic mass is 10.0. The Balaban J connectivity index is 0.000000170. The third-order valence-electron chi connectivity index (χ3n) is 4.92. The van der Waals surface area contributed by atoms with E-state index in [4.69, 9.17) is 11.6 Å². The van der Waals surface area contributed by atoms with E-state index in [0.717, 1.165) is 21.4 Å². The average Bonchev–Trinajstić information content (AvgIpc) is 3.23. The smallest absolute Gasteiger partial charge is 0.225 e. The molecule has 0 saturated carbocycles. The fourth-order valence-corrected chi connectivity index (χ4v) is 3.77. The Morgan fingerprint density at radius 2 is 1.45 bits per heavy atom. The van der Waals surface area contributed by atoms with Crippen molar-refractivity contribution in [2.75, 3.05) is 18.0 Å². The average molecular weight is 549 g/mol. The van der Waals surface area contributed by atoms with Crippen LogP contribution in [0.1, 0.15) is 53.4 Å². The van der Waals surface area contributed by atoms with Gasteiger partial charge in [0.15, 0.2) is 0 Å². The van der Waals surface area contributed by atoms with Crippen LogP contribution in [0, 0.1) is 0 Å². The SMILES string of the molecule is CC1(C)CCCN1.CC1(C)CCCN1c1ncc(Br)cn1.Clc1ncc(Br)cn1. The minimum atomic E-state index is 0.202. The van der Waals surface area contributed by atoms with E-state index in [-0.39, 0.29) is 10.8 Å². The van der Waals surface area contributed by atoms with Crippen LogP contribution in [-0.4, -0.2) is 44.1 Å². The van der Waals surface area contributed by atoms with E-state index in [0.29, 0.717) is 5.54 Å². The van der Waals surface area contributed by atoms with Crippen LogP contribution in [-0.2, 0) is 0 Å². The van der Waals surface area contributed by atoms with Crippen molar-refractivity contribution >= 4 is 49.4 Å². The molecule has 2 fully saturated rings. The van der Waals surface area contributed by atoms with E-state index in [1.54, 1.807) is 24.8 Å². The van der Waals surface area contributed by atoms with Crippen molar-refractivity contribution in [1.29, 1.82) is 0 Å². The van der Waals surface area contributed by atoms with E-state index in [1.807, 2.05) is 0 Å². The Morgan fingerprint density at radius 1 is 0.897 bits per heavy atom. The molecule has 1 N–H and O–H groups in total. The number of hydrogen-bond acceptors (Lipinski definition) is 6. The van der Waals surface area contributed by atoms with Gasteiger partial charge in [-0.2, -0.15) is 0 Å². The van der Waals surface area contributed by atoms with Gasteiger partial charge in [0.1, 0.15) is 0 Å². The standard InChI is InChI=1S/C10H14BrN3.C6H13N.C4H2BrClN2/c1-10(2)4-3-5-14(10)9-12-6-8(11)7-13-9;1-6(2)4-3-5-7-6;5-3-1-7-4(6)8-2-3/h6-7H,3-5H2,1-2H3;7H,3-5H2,1-2H3;1-2H. The summed E-state index contributed by atoms with van der Waals surface area (Å²) < 4.78 is 1.76. The molecule has 2 aromatic heterocycles. The molecule has 2 aromatic rings. The maximum Gasteiger partial charge on any atom is 0.225 e. The molecule has 0 aliphatic carbocycles. The van der Waals surface area contributed by atoms with Crippen molar-refractivity contribution in [3.05, 3.63) is 39.0 Å². The van der Waals surface area contributed by atoms with Crippen LogP contribution in [0.25, 0.3) is 0 Å². The lowest BCUT2D eigenvalue weighted by Crippen LogP contribution is -2.39. The van der Waals surface area contributed by atoms with Gasteiger partial charge in [0.05, 0.1) is 8.95 Å². The Kier molecular flexibility index (Phi) is 9.25. The summed E-state index contributed by atoms with van der Waals surface area (Å²) in [6.45, 7) is 11.3. The molecular formula is C20H29Br2ClN6. The molecule has 0 amide bonds. The summed E-state index contributed by atoms with van der Waals surface area (Å²) in [5.41, 5.74) is 0.647. The Hall–Kier alpha value is -0.830. The van der Waals surface area contributed by atoms with Gasteiger partial charge in [-0.1, -0.05) is 0 Å². The fourth-order valence-electron chi connectivity index (χ4n) is 3.26. The van der Waals surface area contributed by atoms with Crippen molar-refractivity contribution in [1.82, 2.24) is 25.3 Å². The monoisotopic (exact) mass is 546 g/mol. The highest BCUT2D eigenvalue weighted by molar-refractivity contribution is 9.10. The Labute approximate surface area is 195 Å². The van der Waals surface area contributed by atoms with Gasteiger partial charge in [-0.3, -0.25) is 0 Å². The summed E-state index contributed by atoms with van der Waals surface area (Å²) in [7, 11) is 0. The second kappa shape index (κ2) is 11.0. The van der Waals surface area contributed by atoms with Gasteiger partial charge in [-0.15, -0.1) is 0 Å². The molecule has 0 radical (unpaired) electrons. The molecule has 0 aromatic carbocycles. The summed E-state index contributed by atoms with van der Waals surface area (Å²) in [5, 5.41) is 3.67. The zero-order valence-corrected chi connectivity index (χ0v) is 21.3. The maximum atomic E-state index is 5.37. The zero-order valence-electron chi connectivity index (χ0n) is 17.4. The summed E-state index contributed by atoms with van der Waals surface area (Å²) in [5.74, 6) is 0.843. The first-order valence-electron chi connectivity index (χ1n) is 9.72. The van der Waals surface area contributed by atoms with Crippen molar-refractivity contribution in [2.45, 2.75) is 64.5 Å². The Bertz CT molecular complexity index is 724. The van der Waals surface area contributed by atoms with E-state index < -0.39 is 0 Å². The molecule has 4 heterocycles. The van der Waals surface area contributed by atoms with Gasteiger partial charge < -0.3 is 10.2 Å². The van der Waals surface area contributed by atoms with Crippen LogP contribution < -0.4 is 10.2 Å². The highest BCUT2D eigenvalue weighted by atomic mass is 79.9. The predicted octanol–water partition coefficient (Wildman–Crippen LogP) is 5.66. The summed E-state index contributed by atoms with van der Waals surface area (Å²) in [6, 6.07) is 0. The number of nitrogens with one attached hydrogen (secondary N) is 1. The van der Waals surface area contributed by atoms with Gasteiger partial charge in [0.2, 0.25) is 11.2 Å². The minimum Gasteiger partial charge on any atom is -0.336 e.